The van der Waals surface area contributed by atoms with Crippen LogP contribution in [0.5, 0.6) is 0 Å². The van der Waals surface area contributed by atoms with Gasteiger partial charge in [0.2, 0.25) is 0 Å². The summed E-state index contributed by atoms with van der Waals surface area (Å²) in [6.07, 6.45) is 3.05. The third kappa shape index (κ3) is 3.21. The van der Waals surface area contributed by atoms with Gasteiger partial charge in [0.25, 0.3) is 11.6 Å². The van der Waals surface area contributed by atoms with E-state index in [4.69, 9.17) is 5.11 Å². The van der Waals surface area contributed by atoms with Crippen LogP contribution in [0.3, 0.4) is 0 Å². The summed E-state index contributed by atoms with van der Waals surface area (Å²) in [5.74, 6) is -2.01. The van der Waals surface area contributed by atoms with Crippen LogP contribution >= 0.6 is 0 Å². The Hall–Kier alpha value is -2.38. The molecule has 114 valence electrons. The fourth-order valence-electron chi connectivity index (χ4n) is 2.13. The molecule has 0 unspecified atom stereocenters. The maximum absolute atomic E-state index is 12.2. The Balaban J connectivity index is 2.25. The largest absolute Gasteiger partial charge is 0.480 e. The van der Waals surface area contributed by atoms with Crippen LogP contribution in [-0.2, 0) is 4.79 Å². The summed E-state index contributed by atoms with van der Waals surface area (Å²) in [7, 11) is 0. The van der Waals surface area contributed by atoms with Crippen molar-refractivity contribution in [2.75, 3.05) is 0 Å². The first-order valence-corrected chi connectivity index (χ1v) is 6.71. The summed E-state index contributed by atoms with van der Waals surface area (Å²) < 4.78 is 1.56. The van der Waals surface area contributed by atoms with Crippen LogP contribution in [0.25, 0.3) is 0 Å². The van der Waals surface area contributed by atoms with Gasteiger partial charge >= 0.3 is 5.97 Å². The van der Waals surface area contributed by atoms with Crippen LogP contribution in [0, 0.1) is 16.0 Å². The molecular formula is C13H17N3O5. The lowest BCUT2D eigenvalue weighted by atomic mass is 10.0. The first-order chi connectivity index (χ1) is 9.81. The molecule has 1 aromatic heterocycles. The van der Waals surface area contributed by atoms with E-state index in [1.165, 1.54) is 12.3 Å². The first kappa shape index (κ1) is 15.0. The van der Waals surface area contributed by atoms with Gasteiger partial charge in [-0.2, -0.15) is 0 Å². The molecule has 2 rings (SSSR count). The van der Waals surface area contributed by atoms with E-state index in [1.54, 1.807) is 18.4 Å². The predicted molar refractivity (Wildman–Crippen MR) is 73.1 cm³/mol. The van der Waals surface area contributed by atoms with Crippen LogP contribution in [0.15, 0.2) is 12.3 Å². The van der Waals surface area contributed by atoms with Crippen molar-refractivity contribution in [3.05, 3.63) is 28.1 Å². The summed E-state index contributed by atoms with van der Waals surface area (Å²) in [6, 6.07) is 0.244. The number of rotatable bonds is 6. The number of hydrogen-bond donors (Lipinski definition) is 2. The van der Waals surface area contributed by atoms with Crippen molar-refractivity contribution in [2.45, 2.75) is 38.8 Å². The molecule has 0 aromatic carbocycles. The second kappa shape index (κ2) is 5.55. The Bertz CT molecular complexity index is 589. The topological polar surface area (TPSA) is 114 Å². The van der Waals surface area contributed by atoms with E-state index in [9.17, 15) is 19.7 Å². The van der Waals surface area contributed by atoms with Crippen LogP contribution in [0.1, 0.15) is 43.2 Å². The molecule has 1 fully saturated rings. The Kier molecular flexibility index (Phi) is 3.97. The van der Waals surface area contributed by atoms with Crippen molar-refractivity contribution in [1.82, 2.24) is 9.88 Å². The Labute approximate surface area is 120 Å². The summed E-state index contributed by atoms with van der Waals surface area (Å²) in [6.45, 7) is 3.36. The zero-order valence-corrected chi connectivity index (χ0v) is 11.8. The highest BCUT2D eigenvalue weighted by Crippen LogP contribution is 2.37. The maximum atomic E-state index is 12.2. The van der Waals surface area contributed by atoms with Gasteiger partial charge in [-0.3, -0.25) is 14.9 Å². The summed E-state index contributed by atoms with van der Waals surface area (Å²) in [5.41, 5.74) is -0.0282. The van der Waals surface area contributed by atoms with Crippen LogP contribution < -0.4 is 5.32 Å². The highest BCUT2D eigenvalue weighted by Gasteiger charge is 2.32. The molecule has 1 aliphatic rings. The summed E-state index contributed by atoms with van der Waals surface area (Å²) in [4.78, 5) is 33.6. The molecule has 0 bridgehead atoms. The van der Waals surface area contributed by atoms with Crippen LogP contribution in [0.4, 0.5) is 5.69 Å². The van der Waals surface area contributed by atoms with Crippen molar-refractivity contribution in [3.63, 3.8) is 0 Å². The highest BCUT2D eigenvalue weighted by atomic mass is 16.6. The van der Waals surface area contributed by atoms with Crippen molar-refractivity contribution >= 4 is 17.6 Å². The molecule has 1 saturated carbocycles. The van der Waals surface area contributed by atoms with E-state index < -0.39 is 22.8 Å². The Morgan fingerprint density at radius 3 is 2.52 bits per heavy atom. The second-order valence-electron chi connectivity index (χ2n) is 5.51. The Morgan fingerprint density at radius 2 is 2.10 bits per heavy atom. The van der Waals surface area contributed by atoms with E-state index in [0.29, 0.717) is 0 Å². The molecule has 1 atom stereocenters. The minimum absolute atomic E-state index is 0.0850. The number of aliphatic carboxylic acids is 1. The van der Waals surface area contributed by atoms with Crippen molar-refractivity contribution in [1.29, 1.82) is 0 Å². The molecule has 21 heavy (non-hydrogen) atoms. The molecular weight excluding hydrogens is 278 g/mol. The van der Waals surface area contributed by atoms with Gasteiger partial charge in [0, 0.05) is 12.1 Å². The van der Waals surface area contributed by atoms with Crippen LogP contribution in [0.2, 0.25) is 0 Å². The lowest BCUT2D eigenvalue weighted by Crippen LogP contribution is -2.44. The average Bonchev–Trinajstić information content (AvgIpc) is 3.13. The molecule has 0 saturated heterocycles. The molecule has 2 N–H and O–H groups in total. The maximum Gasteiger partial charge on any atom is 0.326 e. The molecule has 0 radical (unpaired) electrons. The fourth-order valence-corrected chi connectivity index (χ4v) is 2.13. The molecule has 8 heteroatoms. The van der Waals surface area contributed by atoms with Crippen molar-refractivity contribution < 1.29 is 19.6 Å². The zero-order chi connectivity index (χ0) is 15.7. The molecule has 0 aliphatic heterocycles. The van der Waals surface area contributed by atoms with E-state index in [1.807, 2.05) is 0 Å². The van der Waals surface area contributed by atoms with Gasteiger partial charge in [0.05, 0.1) is 11.1 Å². The lowest BCUT2D eigenvalue weighted by molar-refractivity contribution is -0.384. The van der Waals surface area contributed by atoms with E-state index in [-0.39, 0.29) is 23.3 Å². The van der Waals surface area contributed by atoms with Crippen molar-refractivity contribution in [2.24, 2.45) is 5.92 Å². The van der Waals surface area contributed by atoms with E-state index in [2.05, 4.69) is 5.32 Å². The predicted octanol–water partition coefficient (Wildman–Crippen LogP) is 1.57. The van der Waals surface area contributed by atoms with E-state index >= 15 is 0 Å². The SMILES string of the molecule is CC(C)[C@@H](NC(=O)c1cc([N+](=O)[O-])cn1C1CC1)C(=O)O. The normalized spacial score (nSPS) is 15.8. The quantitative estimate of drug-likeness (QED) is 0.610. The van der Waals surface area contributed by atoms with Gasteiger partial charge in [0.1, 0.15) is 11.7 Å². The minimum Gasteiger partial charge on any atom is -0.480 e. The zero-order valence-electron chi connectivity index (χ0n) is 11.8. The number of carboxylic acid groups (broad SMARTS) is 1. The summed E-state index contributed by atoms with van der Waals surface area (Å²) >= 11 is 0. The van der Waals surface area contributed by atoms with E-state index in [0.717, 1.165) is 12.8 Å². The van der Waals surface area contributed by atoms with Crippen molar-refractivity contribution in [3.8, 4) is 0 Å². The number of nitro groups is 1. The molecule has 1 heterocycles. The second-order valence-corrected chi connectivity index (χ2v) is 5.51. The molecule has 0 spiro atoms. The number of carboxylic acids is 1. The van der Waals surface area contributed by atoms with Gasteiger partial charge in [-0.15, -0.1) is 0 Å². The number of hydrogen-bond acceptors (Lipinski definition) is 4. The van der Waals surface area contributed by atoms with Gasteiger partial charge in [-0.05, 0) is 18.8 Å². The van der Waals surface area contributed by atoms with Gasteiger partial charge in [-0.25, -0.2) is 4.79 Å². The Morgan fingerprint density at radius 1 is 1.48 bits per heavy atom. The fraction of sp³-hybridized carbons (Fsp3) is 0.538. The monoisotopic (exact) mass is 295 g/mol. The number of nitrogens with zero attached hydrogens (tertiary/aromatic N) is 2. The van der Waals surface area contributed by atoms with Gasteiger partial charge in [-0.1, -0.05) is 13.8 Å². The highest BCUT2D eigenvalue weighted by molar-refractivity contribution is 5.96. The summed E-state index contributed by atoms with van der Waals surface area (Å²) in [5, 5.41) is 22.4. The lowest BCUT2D eigenvalue weighted by Gasteiger charge is -2.18. The minimum atomic E-state index is -1.13. The van der Waals surface area contributed by atoms with Crippen LogP contribution in [-0.4, -0.2) is 32.5 Å². The number of amides is 1. The van der Waals surface area contributed by atoms with Gasteiger partial charge < -0.3 is 15.0 Å². The molecule has 1 aliphatic carbocycles. The number of aromatic nitrogens is 1. The number of carbonyl (C=O) groups is 2. The third-order valence-electron chi connectivity index (χ3n) is 3.44. The first-order valence-electron chi connectivity index (χ1n) is 6.71. The standard InChI is InChI=1S/C13H17N3O5/c1-7(2)11(13(18)19)14-12(17)10-5-9(16(20)21)6-15(10)8-3-4-8/h5-8,11H,3-4H2,1-2H3,(H,14,17)(H,18,19)/t11-/m1/s1. The molecule has 1 amide bonds. The molecule has 1 aromatic rings. The van der Waals surface area contributed by atoms with Gasteiger partial charge in [0.15, 0.2) is 0 Å². The number of carbonyl (C=O) groups excluding carboxylic acids is 1. The smallest absolute Gasteiger partial charge is 0.326 e. The average molecular weight is 295 g/mol. The third-order valence-corrected chi connectivity index (χ3v) is 3.44. The number of nitrogens with one attached hydrogen (secondary N) is 1. The molecule has 8 nitrogen and oxygen atoms in total.